The lowest BCUT2D eigenvalue weighted by Crippen LogP contribution is -2.73. The highest BCUT2D eigenvalue weighted by molar-refractivity contribution is 5.70. The predicted octanol–water partition coefficient (Wildman–Crippen LogP) is -0.513. The summed E-state index contributed by atoms with van der Waals surface area (Å²) in [5.74, 6) is 0. The third kappa shape index (κ3) is 3.15. The van der Waals surface area contributed by atoms with E-state index in [9.17, 15) is 24.6 Å². The number of hydrogen-bond acceptors (Lipinski definition) is 7. The molecule has 3 N–H and O–H groups in total. The molecule has 3 heterocycles. The van der Waals surface area contributed by atoms with Gasteiger partial charge in [0.25, 0.3) is 5.56 Å². The van der Waals surface area contributed by atoms with Gasteiger partial charge in [0.05, 0.1) is 19.2 Å². The van der Waals surface area contributed by atoms with Crippen LogP contribution in [-0.4, -0.2) is 61.7 Å². The van der Waals surface area contributed by atoms with Gasteiger partial charge in [-0.25, -0.2) is 9.59 Å². The summed E-state index contributed by atoms with van der Waals surface area (Å²) >= 11 is 0. The smallest absolute Gasteiger partial charge is 0.410 e. The number of fused-ring (bicyclic) bond motifs is 1. The van der Waals surface area contributed by atoms with Crippen molar-refractivity contribution < 1.29 is 24.5 Å². The molecule has 10 nitrogen and oxygen atoms in total. The zero-order chi connectivity index (χ0) is 20.8. The lowest BCUT2D eigenvalue weighted by Gasteiger charge is -2.50. The maximum absolute atomic E-state index is 12.5. The summed E-state index contributed by atoms with van der Waals surface area (Å²) in [7, 11) is 0. The van der Waals surface area contributed by atoms with Gasteiger partial charge in [-0.3, -0.25) is 19.2 Å². The van der Waals surface area contributed by atoms with Crippen LogP contribution in [0.3, 0.4) is 0 Å². The molecule has 1 amide bonds. The van der Waals surface area contributed by atoms with Crippen molar-refractivity contribution in [1.82, 2.24) is 14.5 Å². The molecule has 0 radical (unpaired) electrons. The molecular weight excluding hydrogens is 382 g/mol. The molecule has 154 valence electrons. The van der Waals surface area contributed by atoms with Crippen LogP contribution in [-0.2, 0) is 16.1 Å². The number of nitrogens with one attached hydrogen (secondary N) is 1. The van der Waals surface area contributed by atoms with Crippen LogP contribution in [0.15, 0.2) is 46.1 Å². The van der Waals surface area contributed by atoms with Crippen LogP contribution in [0.4, 0.5) is 4.79 Å². The molecule has 0 bridgehead atoms. The Kier molecular flexibility index (Phi) is 4.77. The lowest BCUT2D eigenvalue weighted by molar-refractivity contribution is -0.173. The second-order valence-corrected chi connectivity index (χ2v) is 7.31. The number of carbonyl (C=O) groups excluding carboxylic acids is 1. The number of carbonyl (C=O) groups is 1. The number of ether oxygens (including phenoxy) is 2. The Morgan fingerprint density at radius 2 is 2.07 bits per heavy atom. The number of aromatic nitrogens is 2. The average molecular weight is 403 g/mol. The van der Waals surface area contributed by atoms with E-state index in [2.05, 4.69) is 4.98 Å². The fourth-order valence-electron chi connectivity index (χ4n) is 3.88. The minimum atomic E-state index is -1.30. The highest BCUT2D eigenvalue weighted by Crippen LogP contribution is 2.46. The molecule has 1 aromatic heterocycles. The summed E-state index contributed by atoms with van der Waals surface area (Å²) in [5.41, 5.74) is -1.43. The molecule has 0 saturated carbocycles. The van der Waals surface area contributed by atoms with Crippen LogP contribution in [0.1, 0.15) is 17.4 Å². The number of hydrogen-bond donors (Lipinski definition) is 3. The van der Waals surface area contributed by atoms with E-state index in [0.29, 0.717) is 0 Å². The first-order valence-electron chi connectivity index (χ1n) is 9.12. The highest BCUT2D eigenvalue weighted by atomic mass is 16.6. The fourth-order valence-corrected chi connectivity index (χ4v) is 3.88. The molecule has 1 aromatic carbocycles. The molecule has 1 unspecified atom stereocenters. The number of rotatable bonds is 4. The average Bonchev–Trinajstić information content (AvgIpc) is 2.91. The van der Waals surface area contributed by atoms with Crippen molar-refractivity contribution in [2.24, 2.45) is 0 Å². The van der Waals surface area contributed by atoms with Crippen molar-refractivity contribution in [2.75, 3.05) is 13.2 Å². The Labute approximate surface area is 164 Å². The van der Waals surface area contributed by atoms with Gasteiger partial charge in [-0.2, -0.15) is 0 Å². The maximum atomic E-state index is 12.5. The van der Waals surface area contributed by atoms with Crippen LogP contribution in [0.2, 0.25) is 0 Å². The second kappa shape index (κ2) is 7.14. The topological polar surface area (TPSA) is 134 Å². The summed E-state index contributed by atoms with van der Waals surface area (Å²) in [4.78, 5) is 39.7. The molecule has 4 atom stereocenters. The molecule has 2 fully saturated rings. The first-order chi connectivity index (χ1) is 13.9. The lowest BCUT2D eigenvalue weighted by atomic mass is 9.83. The van der Waals surface area contributed by atoms with Gasteiger partial charge in [-0.05, 0) is 12.5 Å². The number of aliphatic hydroxyl groups excluding tert-OH is 2. The number of amides is 1. The van der Waals surface area contributed by atoms with E-state index in [1.807, 2.05) is 30.3 Å². The van der Waals surface area contributed by atoms with Crippen molar-refractivity contribution in [3.8, 4) is 0 Å². The molecule has 2 aromatic rings. The number of H-pyrrole nitrogens is 1. The molecule has 10 heteroatoms. The standard InChI is InChI=1S/C19H21N3O7/c1-11-7-21(17(26)20-15(11)25)16-13(24)14-19(10-23,29-16)9-22(14)18(27)28-8-12-5-3-2-4-6-12/h2-7,13-14,16,23-24H,8-10H2,1H3,(H,20,25,26)/t13-,14?,16-,19-/m1/s1. The number of nitrogens with zero attached hydrogens (tertiary/aromatic N) is 2. The van der Waals surface area contributed by atoms with Crippen molar-refractivity contribution in [3.05, 3.63) is 68.5 Å². The van der Waals surface area contributed by atoms with Gasteiger partial charge < -0.3 is 19.7 Å². The van der Waals surface area contributed by atoms with Crippen LogP contribution in [0, 0.1) is 6.92 Å². The Balaban J connectivity index is 1.53. The first-order valence-corrected chi connectivity index (χ1v) is 9.12. The zero-order valence-corrected chi connectivity index (χ0v) is 15.6. The fraction of sp³-hybridized carbons (Fsp3) is 0.421. The van der Waals surface area contributed by atoms with Crippen molar-refractivity contribution in [2.45, 2.75) is 37.5 Å². The predicted molar refractivity (Wildman–Crippen MR) is 99.1 cm³/mol. The SMILES string of the molecule is Cc1cn([C@@H]2O[C@@]3(CO)CN(C(=O)OCc4ccccc4)C3[C@H]2O)c(=O)[nH]c1=O. The summed E-state index contributed by atoms with van der Waals surface area (Å²) in [6.45, 7) is 1.13. The molecule has 2 aliphatic heterocycles. The summed E-state index contributed by atoms with van der Waals surface area (Å²) in [6.07, 6.45) is -1.84. The molecule has 0 aliphatic carbocycles. The molecule has 2 aliphatic rings. The van der Waals surface area contributed by atoms with Gasteiger partial charge in [0.15, 0.2) is 6.23 Å². The highest BCUT2D eigenvalue weighted by Gasteiger charge is 2.67. The normalized spacial score (nSPS) is 28.0. The molecule has 29 heavy (non-hydrogen) atoms. The van der Waals surface area contributed by atoms with Crippen LogP contribution in [0.5, 0.6) is 0 Å². The zero-order valence-electron chi connectivity index (χ0n) is 15.6. The molecule has 2 saturated heterocycles. The third-order valence-corrected chi connectivity index (χ3v) is 5.41. The van der Waals surface area contributed by atoms with Crippen molar-refractivity contribution in [3.63, 3.8) is 0 Å². The number of aryl methyl sites for hydroxylation is 1. The van der Waals surface area contributed by atoms with E-state index in [-0.39, 0.29) is 18.7 Å². The van der Waals surface area contributed by atoms with Crippen molar-refractivity contribution in [1.29, 1.82) is 0 Å². The van der Waals surface area contributed by atoms with Gasteiger partial charge in [0.1, 0.15) is 18.3 Å². The maximum Gasteiger partial charge on any atom is 0.410 e. The van der Waals surface area contributed by atoms with Gasteiger partial charge in [0.2, 0.25) is 0 Å². The van der Waals surface area contributed by atoms with Gasteiger partial charge in [0, 0.05) is 11.8 Å². The van der Waals surface area contributed by atoms with Gasteiger partial charge in [-0.15, -0.1) is 0 Å². The number of likely N-dealkylation sites (tertiary alicyclic amines) is 1. The van der Waals surface area contributed by atoms with E-state index in [1.54, 1.807) is 0 Å². The number of benzene rings is 1. The van der Waals surface area contributed by atoms with Crippen molar-refractivity contribution >= 4 is 6.09 Å². The van der Waals surface area contributed by atoms with E-state index in [1.165, 1.54) is 18.0 Å². The molecule has 4 rings (SSSR count). The Hall–Kier alpha value is -2.95. The monoisotopic (exact) mass is 403 g/mol. The van der Waals surface area contributed by atoms with Crippen LogP contribution < -0.4 is 11.2 Å². The van der Waals surface area contributed by atoms with E-state index < -0.39 is 47.9 Å². The number of aliphatic hydroxyl groups is 2. The quantitative estimate of drug-likeness (QED) is 0.626. The minimum Gasteiger partial charge on any atom is -0.445 e. The summed E-state index contributed by atoms with van der Waals surface area (Å²) in [5, 5.41) is 20.6. The van der Waals surface area contributed by atoms with Gasteiger partial charge >= 0.3 is 11.8 Å². The third-order valence-electron chi connectivity index (χ3n) is 5.41. The minimum absolute atomic E-state index is 0.00638. The van der Waals surface area contributed by atoms with E-state index in [4.69, 9.17) is 9.47 Å². The first kappa shape index (κ1) is 19.4. The second-order valence-electron chi connectivity index (χ2n) is 7.31. The summed E-state index contributed by atoms with van der Waals surface area (Å²) in [6, 6.07) is 8.24. The number of aromatic amines is 1. The Bertz CT molecular complexity index is 1030. The van der Waals surface area contributed by atoms with Gasteiger partial charge in [-0.1, -0.05) is 30.3 Å². The summed E-state index contributed by atoms with van der Waals surface area (Å²) < 4.78 is 12.2. The largest absolute Gasteiger partial charge is 0.445 e. The molecular formula is C19H21N3O7. The van der Waals surface area contributed by atoms with E-state index >= 15 is 0 Å². The molecule has 0 spiro atoms. The Morgan fingerprint density at radius 3 is 2.76 bits per heavy atom. The Morgan fingerprint density at radius 1 is 1.34 bits per heavy atom. The van der Waals surface area contributed by atoms with Crippen LogP contribution >= 0.6 is 0 Å². The van der Waals surface area contributed by atoms with Crippen LogP contribution in [0.25, 0.3) is 0 Å². The van der Waals surface area contributed by atoms with E-state index in [0.717, 1.165) is 10.1 Å².